The predicted octanol–water partition coefficient (Wildman–Crippen LogP) is 4.56. The number of hydrogen-bond acceptors (Lipinski definition) is 3. The average Bonchev–Trinajstić information content (AvgIpc) is 3.16. The van der Waals surface area contributed by atoms with Crippen molar-refractivity contribution in [1.29, 1.82) is 0 Å². The molecule has 1 heterocycles. The molecule has 0 spiro atoms. The van der Waals surface area contributed by atoms with Crippen LogP contribution in [0.4, 0.5) is 4.39 Å². The molecule has 0 saturated carbocycles. The Hall–Kier alpha value is -2.66. The van der Waals surface area contributed by atoms with E-state index in [0.29, 0.717) is 5.75 Å². The maximum Gasteiger partial charge on any atom is 0.261 e. The fourth-order valence-electron chi connectivity index (χ4n) is 2.45. The van der Waals surface area contributed by atoms with E-state index in [1.807, 2.05) is 47.8 Å². The molecule has 0 aliphatic heterocycles. The standard InChI is InChI=1S/C20H18FNO2S/c1-14(24-17-11-9-16(21)10-12-17)20(23)22-19(18-8-5-13-25-18)15-6-3-2-4-7-15/h2-14,19H,1H3,(H,22,23)/t14-,19-/m0/s1. The molecule has 0 fully saturated rings. The summed E-state index contributed by atoms with van der Waals surface area (Å²) in [5.41, 5.74) is 1.01. The SMILES string of the molecule is C[C@H](Oc1ccc(F)cc1)C(=O)N[C@@H](c1ccccc1)c1cccs1. The Labute approximate surface area is 150 Å². The van der Waals surface area contributed by atoms with Crippen LogP contribution in [0.15, 0.2) is 72.1 Å². The second-order valence-electron chi connectivity index (χ2n) is 5.58. The van der Waals surface area contributed by atoms with Gasteiger partial charge >= 0.3 is 0 Å². The molecule has 3 rings (SSSR count). The Kier molecular flexibility index (Phi) is 5.46. The smallest absolute Gasteiger partial charge is 0.261 e. The topological polar surface area (TPSA) is 38.3 Å². The van der Waals surface area contributed by atoms with Gasteiger partial charge < -0.3 is 10.1 Å². The monoisotopic (exact) mass is 355 g/mol. The fourth-order valence-corrected chi connectivity index (χ4v) is 3.25. The molecule has 25 heavy (non-hydrogen) atoms. The van der Waals surface area contributed by atoms with E-state index in [-0.39, 0.29) is 17.8 Å². The molecule has 5 heteroatoms. The summed E-state index contributed by atoms with van der Waals surface area (Å²) in [5, 5.41) is 5.02. The molecule has 1 amide bonds. The molecule has 3 nitrogen and oxygen atoms in total. The van der Waals surface area contributed by atoms with Crippen LogP contribution in [0.25, 0.3) is 0 Å². The lowest BCUT2D eigenvalue weighted by atomic mass is 10.1. The third kappa shape index (κ3) is 4.45. The van der Waals surface area contributed by atoms with Crippen molar-refractivity contribution in [2.24, 2.45) is 0 Å². The first-order chi connectivity index (χ1) is 12.1. The molecule has 0 unspecified atom stereocenters. The van der Waals surface area contributed by atoms with Gasteiger partial charge in [0.1, 0.15) is 11.6 Å². The van der Waals surface area contributed by atoms with E-state index in [1.54, 1.807) is 18.3 Å². The number of ether oxygens (including phenoxy) is 1. The molecule has 2 aromatic carbocycles. The van der Waals surface area contributed by atoms with Crippen LogP contribution >= 0.6 is 11.3 Å². The predicted molar refractivity (Wildman–Crippen MR) is 97.2 cm³/mol. The number of hydrogen-bond donors (Lipinski definition) is 1. The number of carbonyl (C=O) groups is 1. The Morgan fingerprint density at radius 1 is 1.04 bits per heavy atom. The van der Waals surface area contributed by atoms with E-state index in [4.69, 9.17) is 4.74 Å². The number of nitrogens with one attached hydrogen (secondary N) is 1. The van der Waals surface area contributed by atoms with Crippen LogP contribution in [-0.4, -0.2) is 12.0 Å². The lowest BCUT2D eigenvalue weighted by Crippen LogP contribution is -2.38. The van der Waals surface area contributed by atoms with Crippen molar-refractivity contribution in [1.82, 2.24) is 5.32 Å². The first-order valence-corrected chi connectivity index (χ1v) is 8.82. The molecule has 0 aliphatic rings. The summed E-state index contributed by atoms with van der Waals surface area (Å²) in [6.45, 7) is 1.68. The van der Waals surface area contributed by atoms with Crippen LogP contribution in [0.2, 0.25) is 0 Å². The van der Waals surface area contributed by atoms with Crippen LogP contribution in [-0.2, 0) is 4.79 Å². The molecular formula is C20H18FNO2S. The molecule has 3 aromatic rings. The average molecular weight is 355 g/mol. The van der Waals surface area contributed by atoms with Gasteiger partial charge in [0.25, 0.3) is 5.91 Å². The van der Waals surface area contributed by atoms with E-state index in [9.17, 15) is 9.18 Å². The second kappa shape index (κ2) is 7.94. The fraction of sp³-hybridized carbons (Fsp3) is 0.150. The highest BCUT2D eigenvalue weighted by atomic mass is 32.1. The second-order valence-corrected chi connectivity index (χ2v) is 6.56. The first-order valence-electron chi connectivity index (χ1n) is 7.94. The van der Waals surface area contributed by atoms with Crippen molar-refractivity contribution in [3.8, 4) is 5.75 Å². The van der Waals surface area contributed by atoms with E-state index >= 15 is 0 Å². The largest absolute Gasteiger partial charge is 0.481 e. The summed E-state index contributed by atoms with van der Waals surface area (Å²) in [6.07, 6.45) is -0.698. The zero-order valence-corrected chi connectivity index (χ0v) is 14.5. The highest BCUT2D eigenvalue weighted by molar-refractivity contribution is 7.10. The van der Waals surface area contributed by atoms with Crippen molar-refractivity contribution >= 4 is 17.2 Å². The zero-order valence-electron chi connectivity index (χ0n) is 13.7. The van der Waals surface area contributed by atoms with Crippen LogP contribution in [0.3, 0.4) is 0 Å². The molecule has 0 radical (unpaired) electrons. The van der Waals surface area contributed by atoms with Crippen LogP contribution < -0.4 is 10.1 Å². The van der Waals surface area contributed by atoms with E-state index in [1.165, 1.54) is 24.3 Å². The number of thiophene rings is 1. The third-order valence-corrected chi connectivity index (χ3v) is 4.68. The zero-order chi connectivity index (χ0) is 17.6. The van der Waals surface area contributed by atoms with Crippen molar-refractivity contribution in [3.63, 3.8) is 0 Å². The molecule has 2 atom stereocenters. The molecule has 0 aliphatic carbocycles. The quantitative estimate of drug-likeness (QED) is 0.704. The minimum absolute atomic E-state index is 0.229. The Bertz CT molecular complexity index is 803. The van der Waals surface area contributed by atoms with E-state index in [2.05, 4.69) is 5.32 Å². The highest BCUT2D eigenvalue weighted by Gasteiger charge is 2.22. The van der Waals surface area contributed by atoms with Gasteiger partial charge in [0.2, 0.25) is 0 Å². The van der Waals surface area contributed by atoms with Gasteiger partial charge in [0.15, 0.2) is 6.10 Å². The summed E-state index contributed by atoms with van der Waals surface area (Å²) in [5.74, 6) is -0.116. The van der Waals surface area contributed by atoms with Gasteiger partial charge in [-0.05, 0) is 48.2 Å². The van der Waals surface area contributed by atoms with Gasteiger partial charge in [0, 0.05) is 4.88 Å². The number of carbonyl (C=O) groups excluding carboxylic acids is 1. The maximum atomic E-state index is 13.0. The van der Waals surface area contributed by atoms with Gasteiger partial charge in [-0.3, -0.25) is 4.79 Å². The minimum Gasteiger partial charge on any atom is -0.481 e. The van der Waals surface area contributed by atoms with Crippen molar-refractivity contribution < 1.29 is 13.9 Å². The van der Waals surface area contributed by atoms with Crippen LogP contribution in [0.1, 0.15) is 23.4 Å². The molecule has 128 valence electrons. The lowest BCUT2D eigenvalue weighted by Gasteiger charge is -2.21. The summed E-state index contributed by atoms with van der Waals surface area (Å²) in [7, 11) is 0. The third-order valence-electron chi connectivity index (χ3n) is 3.74. The highest BCUT2D eigenvalue weighted by Crippen LogP contribution is 2.26. The maximum absolute atomic E-state index is 13.0. The Morgan fingerprint density at radius 2 is 1.76 bits per heavy atom. The van der Waals surface area contributed by atoms with E-state index in [0.717, 1.165) is 10.4 Å². The Morgan fingerprint density at radius 3 is 2.40 bits per heavy atom. The summed E-state index contributed by atoms with van der Waals surface area (Å²) in [6, 6.07) is 19.1. The van der Waals surface area contributed by atoms with Gasteiger partial charge in [-0.2, -0.15) is 0 Å². The summed E-state index contributed by atoms with van der Waals surface area (Å²) in [4.78, 5) is 13.6. The summed E-state index contributed by atoms with van der Waals surface area (Å²) < 4.78 is 18.6. The molecule has 1 aromatic heterocycles. The Balaban J connectivity index is 1.73. The summed E-state index contributed by atoms with van der Waals surface area (Å²) >= 11 is 1.59. The van der Waals surface area contributed by atoms with Gasteiger partial charge in [0.05, 0.1) is 6.04 Å². The van der Waals surface area contributed by atoms with Crippen molar-refractivity contribution in [2.75, 3.05) is 0 Å². The normalized spacial score (nSPS) is 13.0. The number of amides is 1. The van der Waals surface area contributed by atoms with Crippen LogP contribution in [0.5, 0.6) is 5.75 Å². The van der Waals surface area contributed by atoms with Gasteiger partial charge in [-0.1, -0.05) is 36.4 Å². The van der Waals surface area contributed by atoms with Crippen LogP contribution in [0, 0.1) is 5.82 Å². The molecule has 1 N–H and O–H groups in total. The minimum atomic E-state index is -0.698. The number of benzene rings is 2. The lowest BCUT2D eigenvalue weighted by molar-refractivity contribution is -0.127. The van der Waals surface area contributed by atoms with Gasteiger partial charge in [-0.25, -0.2) is 4.39 Å². The number of rotatable bonds is 6. The van der Waals surface area contributed by atoms with Gasteiger partial charge in [-0.15, -0.1) is 11.3 Å². The molecule has 0 bridgehead atoms. The van der Waals surface area contributed by atoms with Crippen molar-refractivity contribution in [3.05, 3.63) is 88.4 Å². The number of halogens is 1. The molecular weight excluding hydrogens is 337 g/mol. The van der Waals surface area contributed by atoms with E-state index < -0.39 is 6.10 Å². The molecule has 0 saturated heterocycles. The first kappa shape index (κ1) is 17.2. The van der Waals surface area contributed by atoms with Crippen molar-refractivity contribution in [2.45, 2.75) is 19.1 Å².